The van der Waals surface area contributed by atoms with E-state index in [2.05, 4.69) is 10.5 Å². The van der Waals surface area contributed by atoms with Gasteiger partial charge in [-0.2, -0.15) is 0 Å². The van der Waals surface area contributed by atoms with Crippen LogP contribution in [0, 0.1) is 0 Å². The Morgan fingerprint density at radius 2 is 2.31 bits per heavy atom. The lowest BCUT2D eigenvalue weighted by Gasteiger charge is -2.07. The highest BCUT2D eigenvalue weighted by Crippen LogP contribution is 2.21. The first kappa shape index (κ1) is 8.05. The topological polar surface area (TPSA) is 30.2 Å². The molecule has 0 spiro atoms. The molecule has 0 bridgehead atoms. The van der Waals surface area contributed by atoms with Gasteiger partial charge in [-0.1, -0.05) is 18.2 Å². The first-order valence-corrected chi connectivity index (χ1v) is 4.31. The van der Waals surface area contributed by atoms with Crippen LogP contribution in [0.2, 0.25) is 0 Å². The van der Waals surface area contributed by atoms with E-state index in [1.807, 2.05) is 18.2 Å². The third kappa shape index (κ3) is 1.78. The molecule has 0 N–H and O–H groups in total. The standard InChI is InChI=1S/C11H10O2/c12-11-8-10(6-7-13-11)9-4-2-1-3-5-9/h1-2,4,6-8H,3,5H2. The fourth-order valence-electron chi connectivity index (χ4n) is 1.43. The van der Waals surface area contributed by atoms with Crippen LogP contribution in [-0.2, 0) is 0 Å². The zero-order valence-electron chi connectivity index (χ0n) is 7.19. The molecule has 1 heterocycles. The molecule has 2 heteroatoms. The van der Waals surface area contributed by atoms with E-state index in [-0.39, 0.29) is 5.63 Å². The van der Waals surface area contributed by atoms with Crippen molar-refractivity contribution in [2.45, 2.75) is 12.8 Å². The van der Waals surface area contributed by atoms with E-state index in [1.54, 1.807) is 0 Å². The molecular formula is C11H10O2. The summed E-state index contributed by atoms with van der Waals surface area (Å²) in [5, 5.41) is 0. The second-order valence-corrected chi connectivity index (χ2v) is 3.00. The molecule has 13 heavy (non-hydrogen) atoms. The normalized spacial score (nSPS) is 15.5. The maximum atomic E-state index is 10.9. The van der Waals surface area contributed by atoms with Crippen LogP contribution in [-0.4, -0.2) is 0 Å². The number of hydrogen-bond acceptors (Lipinski definition) is 2. The summed E-state index contributed by atoms with van der Waals surface area (Å²) in [6, 6.07) is 3.36. The molecule has 0 radical (unpaired) electrons. The molecule has 1 aliphatic rings. The summed E-state index contributed by atoms with van der Waals surface area (Å²) in [5.41, 5.74) is 1.89. The molecule has 0 atom stereocenters. The quantitative estimate of drug-likeness (QED) is 0.654. The van der Waals surface area contributed by atoms with Crippen molar-refractivity contribution in [1.29, 1.82) is 0 Å². The molecule has 66 valence electrons. The van der Waals surface area contributed by atoms with E-state index in [9.17, 15) is 4.79 Å². The van der Waals surface area contributed by atoms with Gasteiger partial charge in [-0.05, 0) is 30.0 Å². The van der Waals surface area contributed by atoms with Crippen LogP contribution in [0.25, 0.3) is 5.57 Å². The van der Waals surface area contributed by atoms with Crippen molar-refractivity contribution in [3.63, 3.8) is 0 Å². The van der Waals surface area contributed by atoms with Gasteiger partial charge in [0.05, 0.1) is 6.26 Å². The molecule has 0 saturated carbocycles. The Hall–Kier alpha value is -1.57. The molecule has 2 nitrogen and oxygen atoms in total. The van der Waals surface area contributed by atoms with Crippen LogP contribution in [0.4, 0.5) is 0 Å². The molecular weight excluding hydrogens is 164 g/mol. The fourth-order valence-corrected chi connectivity index (χ4v) is 1.43. The van der Waals surface area contributed by atoms with Crippen molar-refractivity contribution in [3.8, 4) is 0 Å². The maximum Gasteiger partial charge on any atom is 0.336 e. The lowest BCUT2D eigenvalue weighted by atomic mass is 9.99. The molecule has 0 aromatic carbocycles. The van der Waals surface area contributed by atoms with Crippen molar-refractivity contribution < 1.29 is 4.42 Å². The second-order valence-electron chi connectivity index (χ2n) is 3.00. The molecule has 2 rings (SSSR count). The van der Waals surface area contributed by atoms with E-state index >= 15 is 0 Å². The van der Waals surface area contributed by atoms with Gasteiger partial charge < -0.3 is 4.42 Å². The van der Waals surface area contributed by atoms with Gasteiger partial charge in [-0.15, -0.1) is 0 Å². The monoisotopic (exact) mass is 174 g/mol. The van der Waals surface area contributed by atoms with Gasteiger partial charge in [0.25, 0.3) is 0 Å². The van der Waals surface area contributed by atoms with E-state index in [0.29, 0.717) is 0 Å². The zero-order chi connectivity index (χ0) is 9.10. The van der Waals surface area contributed by atoms with Crippen molar-refractivity contribution in [1.82, 2.24) is 0 Å². The van der Waals surface area contributed by atoms with Gasteiger partial charge in [-0.3, -0.25) is 0 Å². The summed E-state index contributed by atoms with van der Waals surface area (Å²) in [5.74, 6) is 0. The second kappa shape index (κ2) is 3.44. The van der Waals surface area contributed by atoms with Crippen LogP contribution in [0.1, 0.15) is 18.4 Å². The van der Waals surface area contributed by atoms with Gasteiger partial charge in [0, 0.05) is 6.07 Å². The molecule has 0 fully saturated rings. The average molecular weight is 174 g/mol. The fraction of sp³-hybridized carbons (Fsp3) is 0.182. The minimum Gasteiger partial charge on any atom is -0.431 e. The van der Waals surface area contributed by atoms with Gasteiger partial charge in [0.15, 0.2) is 0 Å². The zero-order valence-corrected chi connectivity index (χ0v) is 7.19. The Balaban J connectivity index is 2.40. The lowest BCUT2D eigenvalue weighted by Crippen LogP contribution is -1.98. The van der Waals surface area contributed by atoms with E-state index in [0.717, 1.165) is 18.4 Å². The van der Waals surface area contributed by atoms with Gasteiger partial charge in [-0.25, -0.2) is 4.79 Å². The third-order valence-corrected chi connectivity index (χ3v) is 2.09. The van der Waals surface area contributed by atoms with Crippen molar-refractivity contribution in [2.24, 2.45) is 0 Å². The number of rotatable bonds is 1. The van der Waals surface area contributed by atoms with Crippen molar-refractivity contribution in [3.05, 3.63) is 52.6 Å². The molecule has 1 aromatic heterocycles. The summed E-state index contributed by atoms with van der Waals surface area (Å²) >= 11 is 0. The molecule has 0 unspecified atom stereocenters. The molecule has 1 aromatic rings. The average Bonchev–Trinajstić information content (AvgIpc) is 2.19. The molecule has 0 saturated heterocycles. The highest BCUT2D eigenvalue weighted by Gasteiger charge is 2.03. The predicted octanol–water partition coefficient (Wildman–Crippen LogP) is 2.37. The van der Waals surface area contributed by atoms with Gasteiger partial charge in [0.1, 0.15) is 0 Å². The van der Waals surface area contributed by atoms with Crippen LogP contribution < -0.4 is 5.63 Å². The van der Waals surface area contributed by atoms with E-state index < -0.39 is 0 Å². The van der Waals surface area contributed by atoms with Gasteiger partial charge >= 0.3 is 5.63 Å². The number of allylic oxidation sites excluding steroid dienone is 4. The van der Waals surface area contributed by atoms with Crippen LogP contribution in [0.5, 0.6) is 0 Å². The highest BCUT2D eigenvalue weighted by atomic mass is 16.4. The first-order valence-electron chi connectivity index (χ1n) is 4.31. The van der Waals surface area contributed by atoms with E-state index in [4.69, 9.17) is 0 Å². The Bertz CT molecular complexity index is 410. The SMILES string of the molecule is O=c1cc(C2=CC=CCC2)cco1. The highest BCUT2D eigenvalue weighted by molar-refractivity contribution is 5.67. The maximum absolute atomic E-state index is 10.9. The predicted molar refractivity (Wildman–Crippen MR) is 51.3 cm³/mol. The molecule has 1 aliphatic carbocycles. The summed E-state index contributed by atoms with van der Waals surface area (Å²) < 4.78 is 4.66. The smallest absolute Gasteiger partial charge is 0.336 e. The Morgan fingerprint density at radius 3 is 3.00 bits per heavy atom. The third-order valence-electron chi connectivity index (χ3n) is 2.09. The van der Waals surface area contributed by atoms with Crippen molar-refractivity contribution in [2.75, 3.05) is 0 Å². The largest absolute Gasteiger partial charge is 0.431 e. The van der Waals surface area contributed by atoms with Crippen molar-refractivity contribution >= 4 is 5.57 Å². The summed E-state index contributed by atoms with van der Waals surface area (Å²) in [4.78, 5) is 10.9. The first-order chi connectivity index (χ1) is 6.36. The molecule has 0 aliphatic heterocycles. The van der Waals surface area contributed by atoms with Crippen LogP contribution in [0.3, 0.4) is 0 Å². The Labute approximate surface area is 76.2 Å². The lowest BCUT2D eigenvalue weighted by molar-refractivity contribution is 0.510. The number of hydrogen-bond donors (Lipinski definition) is 0. The Kier molecular flexibility index (Phi) is 2.13. The summed E-state index contributed by atoms with van der Waals surface area (Å²) in [7, 11) is 0. The van der Waals surface area contributed by atoms with Gasteiger partial charge in [0.2, 0.25) is 0 Å². The molecule has 0 amide bonds. The minimum atomic E-state index is -0.284. The minimum absolute atomic E-state index is 0.284. The summed E-state index contributed by atoms with van der Waals surface area (Å²) in [6.07, 6.45) is 9.67. The summed E-state index contributed by atoms with van der Waals surface area (Å²) in [6.45, 7) is 0. The van der Waals surface area contributed by atoms with Crippen LogP contribution >= 0.6 is 0 Å². The van der Waals surface area contributed by atoms with E-state index in [1.165, 1.54) is 17.9 Å². The Morgan fingerprint density at radius 1 is 1.38 bits per heavy atom. The van der Waals surface area contributed by atoms with Crippen LogP contribution in [0.15, 0.2) is 45.8 Å².